The number of rotatable bonds is 8. The Kier molecular flexibility index (Phi) is 6.76. The quantitative estimate of drug-likeness (QED) is 0.412. The second-order valence-electron chi connectivity index (χ2n) is 6.83. The number of thioether (sulfide) groups is 1. The second-order valence-corrected chi connectivity index (χ2v) is 7.77. The number of carbonyl (C=O) groups is 1. The fourth-order valence-electron chi connectivity index (χ4n) is 3.17. The molecule has 1 amide bonds. The Morgan fingerprint density at radius 3 is 2.53 bits per heavy atom. The molecule has 7 nitrogen and oxygen atoms in total. The standard InChI is InChI=1S/C23H20FN5O2S/c1-31-20-12-10-17(11-13-20)22(16-6-3-2-4-7-16)25-21(30)15-32-23-26-27-28-29(23)19-9-5-8-18(24)14-19/h2-14,22H,15H2,1H3,(H,25,30). The van der Waals surface area contributed by atoms with Crippen LogP contribution in [0.5, 0.6) is 5.75 Å². The molecule has 1 atom stereocenters. The summed E-state index contributed by atoms with van der Waals surface area (Å²) in [6.45, 7) is 0. The first-order valence-corrected chi connectivity index (χ1v) is 10.8. The van der Waals surface area contributed by atoms with Crippen molar-refractivity contribution >= 4 is 17.7 Å². The average molecular weight is 450 g/mol. The molecule has 0 aliphatic rings. The number of nitrogens with one attached hydrogen (secondary N) is 1. The van der Waals surface area contributed by atoms with Gasteiger partial charge in [-0.25, -0.2) is 4.39 Å². The monoisotopic (exact) mass is 449 g/mol. The van der Waals surface area contributed by atoms with Gasteiger partial charge < -0.3 is 10.1 Å². The van der Waals surface area contributed by atoms with Crippen molar-refractivity contribution in [3.63, 3.8) is 0 Å². The molecule has 1 aromatic heterocycles. The summed E-state index contributed by atoms with van der Waals surface area (Å²) in [5, 5.41) is 15.0. The first-order valence-electron chi connectivity index (χ1n) is 9.79. The van der Waals surface area contributed by atoms with Gasteiger partial charge in [0.05, 0.1) is 24.6 Å². The highest BCUT2D eigenvalue weighted by Crippen LogP contribution is 2.25. The SMILES string of the molecule is COc1ccc(C(NC(=O)CSc2nnnn2-c2cccc(F)c2)c2ccccc2)cc1. The van der Waals surface area contributed by atoms with Gasteiger partial charge in [0.2, 0.25) is 11.1 Å². The minimum atomic E-state index is -0.392. The van der Waals surface area contributed by atoms with Gasteiger partial charge in [-0.1, -0.05) is 60.3 Å². The van der Waals surface area contributed by atoms with Gasteiger partial charge in [-0.05, 0) is 51.9 Å². The van der Waals surface area contributed by atoms with E-state index in [4.69, 9.17) is 4.74 Å². The van der Waals surface area contributed by atoms with E-state index in [1.54, 1.807) is 19.2 Å². The summed E-state index contributed by atoms with van der Waals surface area (Å²) in [6.07, 6.45) is 0. The van der Waals surface area contributed by atoms with E-state index >= 15 is 0 Å². The van der Waals surface area contributed by atoms with E-state index in [9.17, 15) is 9.18 Å². The molecule has 4 rings (SSSR count). The predicted molar refractivity (Wildman–Crippen MR) is 119 cm³/mol. The van der Waals surface area contributed by atoms with Crippen LogP contribution >= 0.6 is 11.8 Å². The fourth-order valence-corrected chi connectivity index (χ4v) is 3.87. The molecule has 0 saturated heterocycles. The largest absolute Gasteiger partial charge is 0.497 e. The van der Waals surface area contributed by atoms with Crippen molar-refractivity contribution in [2.45, 2.75) is 11.2 Å². The Labute approximate surface area is 188 Å². The van der Waals surface area contributed by atoms with Crippen LogP contribution in [0.15, 0.2) is 84.0 Å². The van der Waals surface area contributed by atoms with Crippen LogP contribution in [0, 0.1) is 5.82 Å². The first kappa shape index (κ1) is 21.5. The Morgan fingerprint density at radius 2 is 1.81 bits per heavy atom. The molecule has 1 N–H and O–H groups in total. The highest BCUT2D eigenvalue weighted by atomic mass is 32.2. The van der Waals surface area contributed by atoms with Crippen molar-refractivity contribution in [3.05, 3.63) is 95.8 Å². The van der Waals surface area contributed by atoms with Crippen molar-refractivity contribution in [1.29, 1.82) is 0 Å². The molecule has 0 bridgehead atoms. The van der Waals surface area contributed by atoms with Crippen LogP contribution in [0.25, 0.3) is 5.69 Å². The molecule has 9 heteroatoms. The third-order valence-electron chi connectivity index (χ3n) is 4.71. The molecule has 4 aromatic rings. The van der Waals surface area contributed by atoms with Crippen LogP contribution in [0.2, 0.25) is 0 Å². The van der Waals surface area contributed by atoms with Gasteiger partial charge in [0.15, 0.2) is 0 Å². The lowest BCUT2D eigenvalue weighted by atomic mass is 9.98. The van der Waals surface area contributed by atoms with E-state index in [-0.39, 0.29) is 17.7 Å². The molecule has 0 aliphatic heterocycles. The fraction of sp³-hybridized carbons (Fsp3) is 0.130. The van der Waals surface area contributed by atoms with E-state index in [1.807, 2.05) is 54.6 Å². The summed E-state index contributed by atoms with van der Waals surface area (Å²) in [6, 6.07) is 22.9. The number of hydrogen-bond donors (Lipinski definition) is 1. The number of halogens is 1. The van der Waals surface area contributed by atoms with Gasteiger partial charge in [-0.3, -0.25) is 4.79 Å². The molecule has 0 radical (unpaired) electrons. The van der Waals surface area contributed by atoms with Crippen LogP contribution in [0.4, 0.5) is 4.39 Å². The van der Waals surface area contributed by atoms with Gasteiger partial charge in [0.25, 0.3) is 0 Å². The lowest BCUT2D eigenvalue weighted by molar-refractivity contribution is -0.119. The highest BCUT2D eigenvalue weighted by Gasteiger charge is 2.18. The zero-order chi connectivity index (χ0) is 22.3. The highest BCUT2D eigenvalue weighted by molar-refractivity contribution is 7.99. The number of nitrogens with zero attached hydrogens (tertiary/aromatic N) is 4. The van der Waals surface area contributed by atoms with E-state index in [2.05, 4.69) is 20.8 Å². The molecule has 0 aliphatic carbocycles. The van der Waals surface area contributed by atoms with Gasteiger partial charge >= 0.3 is 0 Å². The molecule has 162 valence electrons. The lowest BCUT2D eigenvalue weighted by Crippen LogP contribution is -2.30. The number of methoxy groups -OCH3 is 1. The number of hydrogen-bond acceptors (Lipinski definition) is 6. The maximum absolute atomic E-state index is 13.6. The summed E-state index contributed by atoms with van der Waals surface area (Å²) in [4.78, 5) is 12.8. The minimum Gasteiger partial charge on any atom is -0.497 e. The Hall–Kier alpha value is -3.72. The van der Waals surface area contributed by atoms with E-state index < -0.39 is 5.82 Å². The van der Waals surface area contributed by atoms with Gasteiger partial charge in [0.1, 0.15) is 11.6 Å². The summed E-state index contributed by atoms with van der Waals surface area (Å²) >= 11 is 1.17. The van der Waals surface area contributed by atoms with Crippen LogP contribution < -0.4 is 10.1 Å². The minimum absolute atomic E-state index is 0.0924. The van der Waals surface area contributed by atoms with E-state index in [0.29, 0.717) is 10.8 Å². The number of aromatic nitrogens is 4. The maximum Gasteiger partial charge on any atom is 0.231 e. The summed E-state index contributed by atoms with van der Waals surface area (Å²) in [7, 11) is 1.61. The lowest BCUT2D eigenvalue weighted by Gasteiger charge is -2.20. The zero-order valence-electron chi connectivity index (χ0n) is 17.2. The summed E-state index contributed by atoms with van der Waals surface area (Å²) in [5.41, 5.74) is 2.37. The van der Waals surface area contributed by atoms with Crippen molar-refractivity contribution in [2.75, 3.05) is 12.9 Å². The Bertz CT molecular complexity index is 1180. The van der Waals surface area contributed by atoms with Crippen LogP contribution in [-0.2, 0) is 4.79 Å². The molecule has 0 spiro atoms. The van der Waals surface area contributed by atoms with E-state index in [1.165, 1.54) is 28.6 Å². The number of benzene rings is 3. The number of ether oxygens (including phenoxy) is 1. The molecule has 0 fully saturated rings. The third kappa shape index (κ3) is 5.12. The molecule has 32 heavy (non-hydrogen) atoms. The van der Waals surface area contributed by atoms with Gasteiger partial charge in [-0.15, -0.1) is 5.10 Å². The average Bonchev–Trinajstić information content (AvgIpc) is 3.31. The third-order valence-corrected chi connectivity index (χ3v) is 5.63. The molecule has 1 heterocycles. The Balaban J connectivity index is 1.48. The topological polar surface area (TPSA) is 81.9 Å². The summed E-state index contributed by atoms with van der Waals surface area (Å²) < 4.78 is 20.2. The summed E-state index contributed by atoms with van der Waals surface area (Å²) in [5.74, 6) is 0.256. The molecule has 3 aromatic carbocycles. The van der Waals surface area contributed by atoms with Crippen molar-refractivity contribution < 1.29 is 13.9 Å². The smallest absolute Gasteiger partial charge is 0.231 e. The van der Waals surface area contributed by atoms with Crippen LogP contribution in [-0.4, -0.2) is 39.0 Å². The molecule has 1 unspecified atom stereocenters. The van der Waals surface area contributed by atoms with Crippen LogP contribution in [0.1, 0.15) is 17.2 Å². The van der Waals surface area contributed by atoms with Gasteiger partial charge in [0, 0.05) is 0 Å². The molecule has 0 saturated carbocycles. The Morgan fingerprint density at radius 1 is 1.06 bits per heavy atom. The van der Waals surface area contributed by atoms with Crippen LogP contribution in [0.3, 0.4) is 0 Å². The van der Waals surface area contributed by atoms with Crippen molar-refractivity contribution in [3.8, 4) is 11.4 Å². The van der Waals surface area contributed by atoms with Gasteiger partial charge in [-0.2, -0.15) is 4.68 Å². The van der Waals surface area contributed by atoms with Crippen molar-refractivity contribution in [2.24, 2.45) is 0 Å². The number of carbonyl (C=O) groups excluding carboxylic acids is 1. The number of amides is 1. The normalized spacial score (nSPS) is 11.7. The van der Waals surface area contributed by atoms with Crippen molar-refractivity contribution in [1.82, 2.24) is 25.5 Å². The molecular formula is C23H20FN5O2S. The predicted octanol–water partition coefficient (Wildman–Crippen LogP) is 3.81. The van der Waals surface area contributed by atoms with E-state index in [0.717, 1.165) is 16.9 Å². The number of tetrazole rings is 1. The zero-order valence-corrected chi connectivity index (χ0v) is 18.0. The maximum atomic E-state index is 13.6. The second kappa shape index (κ2) is 10.1. The molecular weight excluding hydrogens is 429 g/mol. The first-order chi connectivity index (χ1) is 15.6.